The van der Waals surface area contributed by atoms with Crippen molar-refractivity contribution in [3.05, 3.63) is 87.7 Å². The van der Waals surface area contributed by atoms with Gasteiger partial charge in [-0.1, -0.05) is 23.7 Å². The van der Waals surface area contributed by atoms with Crippen LogP contribution in [0.3, 0.4) is 0 Å². The van der Waals surface area contributed by atoms with Crippen molar-refractivity contribution in [2.75, 3.05) is 36.4 Å². The van der Waals surface area contributed by atoms with Gasteiger partial charge in [0.2, 0.25) is 0 Å². The van der Waals surface area contributed by atoms with E-state index in [1.54, 1.807) is 54.4 Å². The van der Waals surface area contributed by atoms with Crippen molar-refractivity contribution in [3.63, 3.8) is 0 Å². The highest BCUT2D eigenvalue weighted by Gasteiger charge is 2.25. The highest BCUT2D eigenvalue weighted by Crippen LogP contribution is 2.30. The Morgan fingerprint density at radius 3 is 2.51 bits per heavy atom. The Morgan fingerprint density at radius 1 is 1.03 bits per heavy atom. The van der Waals surface area contributed by atoms with E-state index < -0.39 is 11.5 Å². The van der Waals surface area contributed by atoms with Gasteiger partial charge in [0, 0.05) is 38.9 Å². The van der Waals surface area contributed by atoms with Crippen molar-refractivity contribution >= 4 is 45.8 Å². The molecule has 3 heterocycles. The fourth-order valence-corrected chi connectivity index (χ4v) is 4.46. The number of halogens is 1. The number of hydrogen-bond donors (Lipinski definition) is 1. The van der Waals surface area contributed by atoms with Crippen LogP contribution in [0.15, 0.2) is 70.1 Å². The molecule has 1 fully saturated rings. The molecule has 0 saturated carbocycles. The molecule has 2 amide bonds. The predicted molar refractivity (Wildman–Crippen MR) is 133 cm³/mol. The van der Waals surface area contributed by atoms with Crippen molar-refractivity contribution in [2.45, 2.75) is 0 Å². The summed E-state index contributed by atoms with van der Waals surface area (Å²) in [4.78, 5) is 46.1. The molecule has 0 aliphatic carbocycles. The van der Waals surface area contributed by atoms with Crippen molar-refractivity contribution in [1.82, 2.24) is 14.5 Å². The average molecular weight is 492 g/mol. The lowest BCUT2D eigenvalue weighted by Gasteiger charge is -2.36. The van der Waals surface area contributed by atoms with Gasteiger partial charge < -0.3 is 24.1 Å². The summed E-state index contributed by atoms with van der Waals surface area (Å²) in [7, 11) is 1.61. The highest BCUT2D eigenvalue weighted by atomic mass is 35.5. The van der Waals surface area contributed by atoms with Crippen molar-refractivity contribution < 1.29 is 14.0 Å². The van der Waals surface area contributed by atoms with Crippen LogP contribution in [0, 0.1) is 0 Å². The summed E-state index contributed by atoms with van der Waals surface area (Å²) >= 11 is 6.54. The smallest absolute Gasteiger partial charge is 0.289 e. The summed E-state index contributed by atoms with van der Waals surface area (Å²) < 4.78 is 6.61. The Kier molecular flexibility index (Phi) is 6.00. The molecular weight excluding hydrogens is 470 g/mol. The Morgan fingerprint density at radius 2 is 1.80 bits per heavy atom. The van der Waals surface area contributed by atoms with Crippen LogP contribution in [0.5, 0.6) is 0 Å². The molecule has 1 aliphatic rings. The molecule has 5 rings (SSSR count). The van der Waals surface area contributed by atoms with E-state index in [0.717, 1.165) is 5.69 Å². The number of piperazine rings is 1. The molecule has 4 aromatic rings. The van der Waals surface area contributed by atoms with Crippen LogP contribution in [0.1, 0.15) is 21.0 Å². The number of hydrogen-bond acceptors (Lipinski definition) is 6. The van der Waals surface area contributed by atoms with Crippen LogP contribution in [-0.4, -0.2) is 52.4 Å². The maximum atomic E-state index is 12.8. The van der Waals surface area contributed by atoms with Crippen LogP contribution in [0.25, 0.3) is 11.0 Å². The molecule has 9 nitrogen and oxygen atoms in total. The number of nitrogens with one attached hydrogen (secondary N) is 1. The van der Waals surface area contributed by atoms with E-state index in [2.05, 4.69) is 15.2 Å². The molecule has 0 spiro atoms. The van der Waals surface area contributed by atoms with E-state index in [-0.39, 0.29) is 11.6 Å². The molecule has 0 atom stereocenters. The minimum atomic E-state index is -0.606. The topological polar surface area (TPSA) is 101 Å². The molecule has 0 bridgehead atoms. The van der Waals surface area contributed by atoms with Gasteiger partial charge in [-0.05, 0) is 42.5 Å². The summed E-state index contributed by atoms with van der Waals surface area (Å²) in [6, 6.07) is 15.7. The fraction of sp³-hybridized carbons (Fsp3) is 0.200. The molecule has 1 aliphatic heterocycles. The molecule has 2 aromatic heterocycles. The average Bonchev–Trinajstić information content (AvgIpc) is 3.41. The minimum Gasteiger partial charge on any atom is -0.459 e. The molecule has 1 saturated heterocycles. The maximum Gasteiger partial charge on any atom is 0.289 e. The molecule has 1 N–H and O–H groups in total. The molecule has 0 unspecified atom stereocenters. The van der Waals surface area contributed by atoms with Gasteiger partial charge in [-0.2, -0.15) is 0 Å². The largest absolute Gasteiger partial charge is 0.459 e. The summed E-state index contributed by atoms with van der Waals surface area (Å²) in [6.07, 6.45) is 1.48. The zero-order chi connectivity index (χ0) is 24.5. The lowest BCUT2D eigenvalue weighted by Crippen LogP contribution is -2.48. The number of aromatic nitrogens is 2. The molecule has 10 heteroatoms. The normalized spacial score (nSPS) is 13.8. The quantitative estimate of drug-likeness (QED) is 0.469. The number of rotatable bonds is 4. The van der Waals surface area contributed by atoms with E-state index in [4.69, 9.17) is 16.0 Å². The number of carbonyl (C=O) groups is 2. The Bertz CT molecular complexity index is 1470. The number of benzene rings is 2. The zero-order valence-corrected chi connectivity index (χ0v) is 19.7. The predicted octanol–water partition coefficient (Wildman–Crippen LogP) is 3.39. The number of carbonyl (C=O) groups excluding carboxylic acids is 2. The number of furan rings is 1. The third-order valence-corrected chi connectivity index (χ3v) is 6.35. The number of aryl methyl sites for hydroxylation is 1. The van der Waals surface area contributed by atoms with Gasteiger partial charge in [-0.25, -0.2) is 4.98 Å². The molecule has 0 radical (unpaired) electrons. The number of anilines is 2. The monoisotopic (exact) mass is 491 g/mol. The van der Waals surface area contributed by atoms with Crippen LogP contribution in [0.2, 0.25) is 5.02 Å². The van der Waals surface area contributed by atoms with Crippen molar-refractivity contribution in [3.8, 4) is 0 Å². The Labute approximate surface area is 205 Å². The van der Waals surface area contributed by atoms with Gasteiger partial charge in [0.25, 0.3) is 17.4 Å². The van der Waals surface area contributed by atoms with E-state index in [9.17, 15) is 14.4 Å². The van der Waals surface area contributed by atoms with Crippen molar-refractivity contribution in [2.24, 2.45) is 7.05 Å². The minimum absolute atomic E-state index is 0.132. The first-order valence-electron chi connectivity index (χ1n) is 11.1. The summed E-state index contributed by atoms with van der Waals surface area (Å²) in [5.41, 5.74) is 1.78. The second kappa shape index (κ2) is 9.27. The molecule has 178 valence electrons. The van der Waals surface area contributed by atoms with Crippen LogP contribution < -0.4 is 15.8 Å². The Balaban J connectivity index is 1.28. The first kappa shape index (κ1) is 22.7. The summed E-state index contributed by atoms with van der Waals surface area (Å²) in [6.45, 7) is 2.28. The molecular formula is C25H22ClN5O4. The number of para-hydroxylation sites is 2. The fourth-order valence-electron chi connectivity index (χ4n) is 4.16. The zero-order valence-electron chi connectivity index (χ0n) is 18.9. The SMILES string of the molecule is Cn1c(=O)c(C(=O)Nc2ccc(N3CCN(C(=O)c4ccco4)CC3)c(Cl)c2)nc2ccccc21. The highest BCUT2D eigenvalue weighted by molar-refractivity contribution is 6.33. The standard InChI is InChI=1S/C25H22ClN5O4/c1-29-20-6-3-2-5-18(20)28-22(25(29)34)23(32)27-16-8-9-19(17(26)15-16)30-10-12-31(13-11-30)24(33)21-7-4-14-35-21/h2-9,14-15H,10-13H2,1H3,(H,27,32). The molecule has 35 heavy (non-hydrogen) atoms. The van der Waals surface area contributed by atoms with E-state index in [1.807, 2.05) is 12.1 Å². The van der Waals surface area contributed by atoms with Gasteiger partial charge in [0.1, 0.15) is 0 Å². The lowest BCUT2D eigenvalue weighted by atomic mass is 10.2. The maximum absolute atomic E-state index is 12.8. The Hall–Kier alpha value is -4.11. The van der Waals surface area contributed by atoms with E-state index in [0.29, 0.717) is 53.7 Å². The van der Waals surface area contributed by atoms with E-state index >= 15 is 0 Å². The van der Waals surface area contributed by atoms with Crippen LogP contribution in [0.4, 0.5) is 11.4 Å². The summed E-state index contributed by atoms with van der Waals surface area (Å²) in [5.74, 6) is -0.412. The third kappa shape index (κ3) is 4.38. The first-order chi connectivity index (χ1) is 16.9. The first-order valence-corrected chi connectivity index (χ1v) is 11.4. The second-order valence-corrected chi connectivity index (χ2v) is 8.60. The third-order valence-electron chi connectivity index (χ3n) is 6.04. The number of fused-ring (bicyclic) bond motifs is 1. The van der Waals surface area contributed by atoms with Crippen LogP contribution >= 0.6 is 11.6 Å². The second-order valence-electron chi connectivity index (χ2n) is 8.19. The molecule has 2 aromatic carbocycles. The lowest BCUT2D eigenvalue weighted by molar-refractivity contribution is 0.0714. The van der Waals surface area contributed by atoms with Gasteiger partial charge in [-0.3, -0.25) is 14.4 Å². The van der Waals surface area contributed by atoms with Gasteiger partial charge in [-0.15, -0.1) is 0 Å². The number of amides is 2. The van der Waals surface area contributed by atoms with Crippen LogP contribution in [-0.2, 0) is 7.05 Å². The number of nitrogens with zero attached hydrogens (tertiary/aromatic N) is 4. The summed E-state index contributed by atoms with van der Waals surface area (Å²) in [5, 5.41) is 3.17. The van der Waals surface area contributed by atoms with Gasteiger partial charge in [0.15, 0.2) is 11.5 Å². The van der Waals surface area contributed by atoms with Gasteiger partial charge in [0.05, 0.1) is 28.0 Å². The van der Waals surface area contributed by atoms with Crippen molar-refractivity contribution in [1.29, 1.82) is 0 Å². The van der Waals surface area contributed by atoms with Gasteiger partial charge >= 0.3 is 0 Å². The van der Waals surface area contributed by atoms with E-state index in [1.165, 1.54) is 10.8 Å².